The molecular formula is C21H18Br2N4O2. The van der Waals surface area contributed by atoms with Gasteiger partial charge in [-0.3, -0.25) is 13.9 Å². The summed E-state index contributed by atoms with van der Waals surface area (Å²) < 4.78 is 6.03. The number of aryl methyl sites for hydroxylation is 2. The molecule has 29 heavy (non-hydrogen) atoms. The van der Waals surface area contributed by atoms with Crippen LogP contribution in [0.4, 0.5) is 5.69 Å². The molecule has 0 aliphatic carbocycles. The molecule has 0 fully saturated rings. The lowest BCUT2D eigenvalue weighted by atomic mass is 10.1. The van der Waals surface area contributed by atoms with E-state index >= 15 is 0 Å². The highest BCUT2D eigenvalue weighted by atomic mass is 79.9. The molecule has 0 atom stereocenters. The molecule has 8 heteroatoms. The number of aromatic nitrogens is 3. The van der Waals surface area contributed by atoms with Gasteiger partial charge >= 0.3 is 5.69 Å². The number of nitrogens with two attached hydrogens (primary N) is 1. The van der Waals surface area contributed by atoms with E-state index in [0.29, 0.717) is 16.6 Å². The molecule has 0 unspecified atom stereocenters. The third kappa shape index (κ3) is 3.07. The van der Waals surface area contributed by atoms with Gasteiger partial charge in [-0.25, -0.2) is 4.79 Å². The van der Waals surface area contributed by atoms with Crippen LogP contribution in [-0.4, -0.2) is 13.7 Å². The lowest BCUT2D eigenvalue weighted by molar-refractivity contribution is 0.714. The molecule has 0 bridgehead atoms. The van der Waals surface area contributed by atoms with E-state index in [1.54, 1.807) is 7.05 Å². The summed E-state index contributed by atoms with van der Waals surface area (Å²) in [6.45, 7) is 2.00. The maximum Gasteiger partial charge on any atom is 0.330 e. The first-order valence-corrected chi connectivity index (χ1v) is 10.4. The minimum atomic E-state index is -0.366. The number of nitrogen functional groups attached to an aromatic ring is 1. The number of nitrogens with zero attached hydrogens (tertiary/aromatic N) is 3. The normalized spacial score (nSPS) is 11.3. The molecule has 0 amide bonds. The van der Waals surface area contributed by atoms with Crippen LogP contribution in [0.1, 0.15) is 5.56 Å². The van der Waals surface area contributed by atoms with Crippen molar-refractivity contribution < 1.29 is 0 Å². The van der Waals surface area contributed by atoms with Crippen molar-refractivity contribution >= 4 is 48.5 Å². The Hall–Kier alpha value is -2.58. The predicted octanol–water partition coefficient (Wildman–Crippen LogP) is 4.11. The average molecular weight is 518 g/mol. The van der Waals surface area contributed by atoms with Gasteiger partial charge in [0.25, 0.3) is 5.56 Å². The van der Waals surface area contributed by atoms with Crippen molar-refractivity contribution in [1.82, 2.24) is 13.7 Å². The van der Waals surface area contributed by atoms with Crippen LogP contribution in [0.25, 0.3) is 27.8 Å². The van der Waals surface area contributed by atoms with E-state index in [1.807, 2.05) is 54.1 Å². The molecule has 0 spiro atoms. The van der Waals surface area contributed by atoms with E-state index in [2.05, 4.69) is 31.9 Å². The van der Waals surface area contributed by atoms with E-state index in [4.69, 9.17) is 5.73 Å². The van der Waals surface area contributed by atoms with Gasteiger partial charge in [0.2, 0.25) is 0 Å². The second-order valence-electron chi connectivity index (χ2n) is 7.01. The Morgan fingerprint density at radius 1 is 0.966 bits per heavy atom. The van der Waals surface area contributed by atoms with E-state index < -0.39 is 0 Å². The van der Waals surface area contributed by atoms with Crippen molar-refractivity contribution in [1.29, 1.82) is 0 Å². The van der Waals surface area contributed by atoms with Gasteiger partial charge in [-0.05, 0) is 62.5 Å². The summed E-state index contributed by atoms with van der Waals surface area (Å²) in [5.41, 5.74) is 10.0. The number of hydrogen-bond donors (Lipinski definition) is 1. The van der Waals surface area contributed by atoms with Crippen LogP contribution in [0.2, 0.25) is 0 Å². The maximum atomic E-state index is 13.1. The third-order valence-corrected chi connectivity index (χ3v) is 6.38. The fraction of sp³-hybridized carbons (Fsp3) is 0.143. The quantitative estimate of drug-likeness (QED) is 0.406. The lowest BCUT2D eigenvalue weighted by Crippen LogP contribution is -2.36. The van der Waals surface area contributed by atoms with Crippen molar-refractivity contribution in [3.8, 4) is 16.9 Å². The first-order chi connectivity index (χ1) is 13.7. The molecule has 148 valence electrons. The zero-order valence-electron chi connectivity index (χ0n) is 16.0. The maximum absolute atomic E-state index is 13.1. The predicted molar refractivity (Wildman–Crippen MR) is 124 cm³/mol. The number of rotatable bonds is 2. The van der Waals surface area contributed by atoms with Gasteiger partial charge < -0.3 is 10.3 Å². The van der Waals surface area contributed by atoms with Gasteiger partial charge in [-0.2, -0.15) is 0 Å². The summed E-state index contributed by atoms with van der Waals surface area (Å²) in [4.78, 5) is 25.6. The minimum Gasteiger partial charge on any atom is -0.397 e. The fourth-order valence-corrected chi connectivity index (χ4v) is 4.69. The summed E-state index contributed by atoms with van der Waals surface area (Å²) in [7, 11) is 3.17. The van der Waals surface area contributed by atoms with E-state index in [1.165, 1.54) is 11.6 Å². The van der Waals surface area contributed by atoms with Crippen molar-refractivity contribution in [2.24, 2.45) is 14.1 Å². The van der Waals surface area contributed by atoms with Gasteiger partial charge in [0.05, 0.1) is 22.3 Å². The minimum absolute atomic E-state index is 0.327. The molecule has 2 aromatic heterocycles. The molecule has 0 aliphatic heterocycles. The topological polar surface area (TPSA) is 75.0 Å². The molecule has 0 radical (unpaired) electrons. The monoisotopic (exact) mass is 516 g/mol. The number of benzene rings is 2. The summed E-state index contributed by atoms with van der Waals surface area (Å²) in [5, 5.41) is 0.490. The molecule has 6 nitrogen and oxygen atoms in total. The molecule has 0 aliphatic rings. The van der Waals surface area contributed by atoms with Gasteiger partial charge in [-0.15, -0.1) is 0 Å². The summed E-state index contributed by atoms with van der Waals surface area (Å²) in [6.07, 6.45) is 1.82. The fourth-order valence-electron chi connectivity index (χ4n) is 3.53. The summed E-state index contributed by atoms with van der Waals surface area (Å²) in [6, 6.07) is 11.7. The van der Waals surface area contributed by atoms with Gasteiger partial charge in [0, 0.05) is 34.9 Å². The van der Waals surface area contributed by atoms with Crippen molar-refractivity contribution in [3.05, 3.63) is 77.9 Å². The highest BCUT2D eigenvalue weighted by Crippen LogP contribution is 2.36. The van der Waals surface area contributed by atoms with Gasteiger partial charge in [0.15, 0.2) is 0 Å². The van der Waals surface area contributed by atoms with Crippen LogP contribution < -0.4 is 17.0 Å². The zero-order chi connectivity index (χ0) is 21.0. The molecule has 4 rings (SSSR count). The van der Waals surface area contributed by atoms with E-state index in [-0.39, 0.29) is 11.2 Å². The first-order valence-electron chi connectivity index (χ1n) is 8.83. The molecular weight excluding hydrogens is 500 g/mol. The van der Waals surface area contributed by atoms with Gasteiger partial charge in [-0.1, -0.05) is 23.8 Å². The molecule has 4 aromatic rings. The first kappa shape index (κ1) is 19.7. The Bertz CT molecular complexity index is 1390. The van der Waals surface area contributed by atoms with E-state index in [0.717, 1.165) is 36.0 Å². The smallest absolute Gasteiger partial charge is 0.330 e. The molecule has 0 saturated carbocycles. The molecule has 2 heterocycles. The van der Waals surface area contributed by atoms with Crippen LogP contribution in [0.5, 0.6) is 0 Å². The average Bonchev–Trinajstić information content (AvgIpc) is 3.09. The van der Waals surface area contributed by atoms with Crippen LogP contribution in [0, 0.1) is 6.92 Å². The number of fused-ring (bicyclic) bond motifs is 1. The van der Waals surface area contributed by atoms with Crippen LogP contribution in [0.3, 0.4) is 0 Å². The Labute approximate surface area is 183 Å². The second kappa shape index (κ2) is 7.03. The third-order valence-electron chi connectivity index (χ3n) is 5.07. The zero-order valence-corrected chi connectivity index (χ0v) is 19.2. The summed E-state index contributed by atoms with van der Waals surface area (Å²) in [5.74, 6) is 0. The van der Waals surface area contributed by atoms with Crippen LogP contribution in [0.15, 0.2) is 61.1 Å². The van der Waals surface area contributed by atoms with Crippen molar-refractivity contribution in [3.63, 3.8) is 0 Å². The molecule has 2 aromatic carbocycles. The molecule has 2 N–H and O–H groups in total. The largest absolute Gasteiger partial charge is 0.397 e. The summed E-state index contributed by atoms with van der Waals surface area (Å²) >= 11 is 6.99. The highest BCUT2D eigenvalue weighted by molar-refractivity contribution is 9.11. The number of hydrogen-bond acceptors (Lipinski definition) is 3. The second-order valence-corrected chi connectivity index (χ2v) is 8.71. The Balaban J connectivity index is 2.22. The van der Waals surface area contributed by atoms with Crippen LogP contribution >= 0.6 is 31.9 Å². The Morgan fingerprint density at radius 2 is 1.62 bits per heavy atom. The highest BCUT2D eigenvalue weighted by Gasteiger charge is 2.21. The lowest BCUT2D eigenvalue weighted by Gasteiger charge is -2.13. The standard InChI is InChI=1S/C21H18Br2N4O2/c1-11-5-4-6-12(7-11)19-17-16(25(2)21(29)26(3)20(17)28)10-27(19)13-8-14(22)18(24)15(23)9-13/h4-10H,24H2,1-3H3. The number of halogens is 2. The van der Waals surface area contributed by atoms with Crippen LogP contribution in [-0.2, 0) is 14.1 Å². The van der Waals surface area contributed by atoms with Crippen molar-refractivity contribution in [2.75, 3.05) is 5.73 Å². The Kier molecular flexibility index (Phi) is 4.78. The molecule has 0 saturated heterocycles. The van der Waals surface area contributed by atoms with E-state index in [9.17, 15) is 9.59 Å². The Morgan fingerprint density at radius 3 is 2.24 bits per heavy atom. The SMILES string of the molecule is Cc1cccc(-c2c3c(=O)n(C)c(=O)n(C)c3cn2-c2cc(Br)c(N)c(Br)c2)c1. The number of anilines is 1. The van der Waals surface area contributed by atoms with Crippen molar-refractivity contribution in [2.45, 2.75) is 6.92 Å². The van der Waals surface area contributed by atoms with Gasteiger partial charge in [0.1, 0.15) is 0 Å².